The second-order valence-electron chi connectivity index (χ2n) is 3.67. The Bertz CT molecular complexity index is 325. The van der Waals surface area contributed by atoms with E-state index in [2.05, 4.69) is 23.8 Å². The van der Waals surface area contributed by atoms with Gasteiger partial charge in [-0.2, -0.15) is 0 Å². The highest BCUT2D eigenvalue weighted by molar-refractivity contribution is 5.85. The summed E-state index contributed by atoms with van der Waals surface area (Å²) in [4.78, 5) is 26.3. The zero-order chi connectivity index (χ0) is 11.7. The van der Waals surface area contributed by atoms with E-state index >= 15 is 0 Å². The van der Waals surface area contributed by atoms with Gasteiger partial charge >= 0.3 is 12.1 Å². The summed E-state index contributed by atoms with van der Waals surface area (Å²) in [6.07, 6.45) is 2.63. The molecule has 86 valence electrons. The van der Waals surface area contributed by atoms with Crippen molar-refractivity contribution >= 4 is 12.1 Å². The van der Waals surface area contributed by atoms with Crippen LogP contribution in [0.1, 0.15) is 0 Å². The Morgan fingerprint density at radius 3 is 1.88 bits per heavy atom. The molecule has 0 aliphatic carbocycles. The number of carbonyl (C=O) groups is 2. The van der Waals surface area contributed by atoms with E-state index in [1.54, 1.807) is 22.0 Å². The van der Waals surface area contributed by atoms with E-state index in [1.165, 1.54) is 0 Å². The van der Waals surface area contributed by atoms with Gasteiger partial charge in [-0.3, -0.25) is 9.80 Å². The van der Waals surface area contributed by atoms with Crippen LogP contribution in [0.2, 0.25) is 0 Å². The van der Waals surface area contributed by atoms with Crippen LogP contribution in [0.4, 0.5) is 9.59 Å². The molecule has 2 saturated heterocycles. The van der Waals surface area contributed by atoms with Crippen molar-refractivity contribution in [1.82, 2.24) is 20.4 Å². The Kier molecular flexibility index (Phi) is 2.55. The molecule has 4 amide bonds. The molecule has 16 heavy (non-hydrogen) atoms. The summed E-state index contributed by atoms with van der Waals surface area (Å²) in [6.45, 7) is 8.02. The van der Waals surface area contributed by atoms with E-state index in [0.29, 0.717) is 13.1 Å². The van der Waals surface area contributed by atoms with Gasteiger partial charge in [-0.15, -0.1) is 13.2 Å². The fourth-order valence-corrected chi connectivity index (χ4v) is 2.03. The topological polar surface area (TPSA) is 64.7 Å². The first-order valence-corrected chi connectivity index (χ1v) is 5.05. The number of nitrogens with zero attached hydrogens (tertiary/aromatic N) is 2. The molecule has 2 rings (SSSR count). The van der Waals surface area contributed by atoms with Gasteiger partial charge in [-0.05, 0) is 0 Å². The van der Waals surface area contributed by atoms with Gasteiger partial charge in [0.2, 0.25) is 0 Å². The van der Waals surface area contributed by atoms with Crippen LogP contribution in [0.15, 0.2) is 25.3 Å². The summed E-state index contributed by atoms with van der Waals surface area (Å²) in [5, 5.41) is 5.40. The highest BCUT2D eigenvalue weighted by Crippen LogP contribution is 2.22. The molecule has 0 spiro atoms. The minimum atomic E-state index is -0.321. The van der Waals surface area contributed by atoms with Crippen molar-refractivity contribution in [3.8, 4) is 0 Å². The van der Waals surface area contributed by atoms with Crippen molar-refractivity contribution in [3.05, 3.63) is 25.3 Å². The first kappa shape index (κ1) is 10.5. The van der Waals surface area contributed by atoms with Crippen molar-refractivity contribution < 1.29 is 9.59 Å². The quantitative estimate of drug-likeness (QED) is 0.661. The summed E-state index contributed by atoms with van der Waals surface area (Å²) >= 11 is 0. The summed E-state index contributed by atoms with van der Waals surface area (Å²) in [7, 11) is 0. The third-order valence-electron chi connectivity index (χ3n) is 2.67. The lowest BCUT2D eigenvalue weighted by atomic mass is 10.4. The first-order chi connectivity index (χ1) is 7.69. The van der Waals surface area contributed by atoms with Crippen LogP contribution >= 0.6 is 0 Å². The molecule has 2 aliphatic rings. The molecule has 2 atom stereocenters. The third-order valence-corrected chi connectivity index (χ3v) is 2.67. The molecule has 0 saturated carbocycles. The smallest absolute Gasteiger partial charge is 0.314 e. The third kappa shape index (κ3) is 1.42. The van der Waals surface area contributed by atoms with Crippen molar-refractivity contribution in [2.45, 2.75) is 12.3 Å². The molecule has 0 aromatic heterocycles. The Balaban J connectivity index is 2.22. The van der Waals surface area contributed by atoms with Gasteiger partial charge in [0.1, 0.15) is 12.3 Å². The second kappa shape index (κ2) is 3.88. The Hall–Kier alpha value is -1.98. The van der Waals surface area contributed by atoms with Crippen LogP contribution in [0.5, 0.6) is 0 Å². The molecule has 2 aliphatic heterocycles. The summed E-state index contributed by atoms with van der Waals surface area (Å²) in [5.41, 5.74) is 0. The van der Waals surface area contributed by atoms with Crippen LogP contribution in [-0.2, 0) is 0 Å². The molecular weight excluding hydrogens is 208 g/mol. The molecule has 2 fully saturated rings. The molecule has 0 radical (unpaired) electrons. The number of carbonyl (C=O) groups excluding carboxylic acids is 2. The number of fused-ring (bicyclic) bond motifs is 1. The van der Waals surface area contributed by atoms with Crippen molar-refractivity contribution in [2.75, 3.05) is 13.1 Å². The first-order valence-electron chi connectivity index (χ1n) is 5.05. The van der Waals surface area contributed by atoms with E-state index < -0.39 is 0 Å². The minimum Gasteiger partial charge on any atom is -0.314 e. The number of urea groups is 2. The molecule has 0 bridgehead atoms. The van der Waals surface area contributed by atoms with Gasteiger partial charge in [0.05, 0.1) is 0 Å². The predicted molar refractivity (Wildman–Crippen MR) is 58.4 cm³/mol. The van der Waals surface area contributed by atoms with Crippen LogP contribution in [-0.4, -0.2) is 47.3 Å². The van der Waals surface area contributed by atoms with E-state index in [0.717, 1.165) is 0 Å². The van der Waals surface area contributed by atoms with Crippen molar-refractivity contribution in [3.63, 3.8) is 0 Å². The molecule has 2 N–H and O–H groups in total. The zero-order valence-corrected chi connectivity index (χ0v) is 8.85. The largest absolute Gasteiger partial charge is 0.324 e. The number of rotatable bonds is 4. The molecule has 2 heterocycles. The molecular formula is C10H14N4O2. The fraction of sp³-hybridized carbons (Fsp3) is 0.400. The highest BCUT2D eigenvalue weighted by atomic mass is 16.2. The fourth-order valence-electron chi connectivity index (χ4n) is 2.03. The molecule has 6 heteroatoms. The lowest BCUT2D eigenvalue weighted by Crippen LogP contribution is -2.43. The standard InChI is InChI=1S/C10H14N4O2/c1-3-5-13-7-8(12-9(15)11-7)14(6-4-2)10(13)16/h3-4,7-8H,1-2,5-6H2,(H2,11,12,15)/t7-,8+. The molecule has 0 aromatic rings. The lowest BCUT2D eigenvalue weighted by molar-refractivity contribution is 0.185. The monoisotopic (exact) mass is 222 g/mol. The maximum Gasteiger partial charge on any atom is 0.324 e. The number of hydrogen-bond donors (Lipinski definition) is 2. The minimum absolute atomic E-state index is 0.123. The maximum absolute atomic E-state index is 12.0. The lowest BCUT2D eigenvalue weighted by Gasteiger charge is -2.19. The summed E-state index contributed by atoms with van der Waals surface area (Å²) < 4.78 is 0. The van der Waals surface area contributed by atoms with Crippen LogP contribution in [0.3, 0.4) is 0 Å². The second-order valence-corrected chi connectivity index (χ2v) is 3.67. The molecule has 0 unspecified atom stereocenters. The van der Waals surface area contributed by atoms with Crippen LogP contribution < -0.4 is 10.6 Å². The number of hydrogen-bond acceptors (Lipinski definition) is 2. The Morgan fingerprint density at radius 1 is 1.06 bits per heavy atom. The van der Waals surface area contributed by atoms with Gasteiger partial charge < -0.3 is 10.6 Å². The van der Waals surface area contributed by atoms with Crippen molar-refractivity contribution in [2.24, 2.45) is 0 Å². The van der Waals surface area contributed by atoms with E-state index in [9.17, 15) is 9.59 Å². The highest BCUT2D eigenvalue weighted by Gasteiger charge is 2.49. The SMILES string of the molecule is C=CCN1C(=O)N(CC=C)[C@H]2NC(=O)N[C@H]21. The van der Waals surface area contributed by atoms with Gasteiger partial charge in [-0.1, -0.05) is 12.2 Å². The van der Waals surface area contributed by atoms with Gasteiger partial charge in [0.15, 0.2) is 0 Å². The van der Waals surface area contributed by atoms with E-state index in [4.69, 9.17) is 0 Å². The number of amides is 4. The molecule has 6 nitrogen and oxygen atoms in total. The number of nitrogens with one attached hydrogen (secondary N) is 2. The van der Waals surface area contributed by atoms with Gasteiger partial charge in [0.25, 0.3) is 0 Å². The van der Waals surface area contributed by atoms with Crippen LogP contribution in [0, 0.1) is 0 Å². The average molecular weight is 222 g/mol. The Labute approximate surface area is 93.6 Å². The maximum atomic E-state index is 12.0. The van der Waals surface area contributed by atoms with E-state index in [1.807, 2.05) is 0 Å². The molecule has 0 aromatic carbocycles. The zero-order valence-electron chi connectivity index (χ0n) is 8.85. The van der Waals surface area contributed by atoms with Crippen molar-refractivity contribution in [1.29, 1.82) is 0 Å². The van der Waals surface area contributed by atoms with Gasteiger partial charge in [0, 0.05) is 13.1 Å². The van der Waals surface area contributed by atoms with E-state index in [-0.39, 0.29) is 24.4 Å². The van der Waals surface area contributed by atoms with Crippen LogP contribution in [0.25, 0.3) is 0 Å². The normalized spacial score (nSPS) is 27.5. The summed E-state index contributed by atoms with van der Waals surface area (Å²) in [5.74, 6) is 0. The summed E-state index contributed by atoms with van der Waals surface area (Å²) in [6, 6.07) is -0.382. The predicted octanol–water partition coefficient (Wildman–Crippen LogP) is 0.0610. The average Bonchev–Trinajstić information content (AvgIpc) is 2.71. The Morgan fingerprint density at radius 2 is 1.50 bits per heavy atom. The van der Waals surface area contributed by atoms with Gasteiger partial charge in [-0.25, -0.2) is 9.59 Å².